The molecule has 0 spiro atoms. The molecule has 0 aliphatic heterocycles. The first kappa shape index (κ1) is 6.63. The van der Waals surface area contributed by atoms with Crippen molar-refractivity contribution in [1.29, 1.82) is 0 Å². The monoisotopic (exact) mass is 115 g/mol. The summed E-state index contributed by atoms with van der Waals surface area (Å²) >= 11 is 4.76. The quantitative estimate of drug-likeness (QED) is 0.406. The Kier molecular flexibility index (Phi) is 3.61. The molecule has 0 heterocycles. The third-order valence-corrected chi connectivity index (χ3v) is 0.905. The van der Waals surface area contributed by atoms with E-state index in [-0.39, 0.29) is 0 Å². The zero-order chi connectivity index (χ0) is 5.70. The number of allylic oxidation sites excluding steroid dienone is 1. The highest BCUT2D eigenvalue weighted by Crippen LogP contribution is 1.71. The number of nitrogens with one attached hydrogen (secondary N) is 1. The van der Waals surface area contributed by atoms with Crippen molar-refractivity contribution in [2.45, 2.75) is 6.92 Å². The minimum absolute atomic E-state index is 0.780. The van der Waals surface area contributed by atoms with Gasteiger partial charge >= 0.3 is 0 Å². The van der Waals surface area contributed by atoms with Crippen LogP contribution in [0, 0.1) is 0 Å². The summed E-state index contributed by atoms with van der Waals surface area (Å²) in [6, 6.07) is 0. The Balaban J connectivity index is 3.37. The molecule has 7 heavy (non-hydrogen) atoms. The van der Waals surface area contributed by atoms with Crippen molar-refractivity contribution in [2.75, 3.05) is 7.05 Å². The van der Waals surface area contributed by atoms with E-state index < -0.39 is 0 Å². The van der Waals surface area contributed by atoms with Crippen molar-refractivity contribution < 1.29 is 0 Å². The normalized spacial score (nSPS) is 9.43. The van der Waals surface area contributed by atoms with Gasteiger partial charge in [-0.25, -0.2) is 0 Å². The van der Waals surface area contributed by atoms with Gasteiger partial charge in [0.25, 0.3) is 0 Å². The summed E-state index contributed by atoms with van der Waals surface area (Å²) in [5, 5.41) is 2.81. The second-order valence-electron chi connectivity index (χ2n) is 1.11. The summed E-state index contributed by atoms with van der Waals surface area (Å²) in [5.74, 6) is 0. The van der Waals surface area contributed by atoms with Gasteiger partial charge in [0.1, 0.15) is 0 Å². The van der Waals surface area contributed by atoms with Gasteiger partial charge in [-0.1, -0.05) is 18.3 Å². The first-order chi connectivity index (χ1) is 3.31. The van der Waals surface area contributed by atoms with E-state index in [0.29, 0.717) is 0 Å². The van der Waals surface area contributed by atoms with E-state index in [1.54, 1.807) is 0 Å². The summed E-state index contributed by atoms with van der Waals surface area (Å²) in [6.07, 6.45) is 3.74. The molecule has 0 unspecified atom stereocenters. The highest BCUT2D eigenvalue weighted by atomic mass is 32.1. The highest BCUT2D eigenvalue weighted by Gasteiger charge is 1.75. The smallest absolute Gasteiger partial charge is 0.0982 e. The molecule has 0 aromatic carbocycles. The Labute approximate surface area is 49.4 Å². The van der Waals surface area contributed by atoms with Crippen LogP contribution in [0.4, 0.5) is 0 Å². The van der Waals surface area contributed by atoms with Crippen molar-refractivity contribution in [1.82, 2.24) is 5.32 Å². The number of hydrogen-bond donors (Lipinski definition) is 1. The summed E-state index contributed by atoms with van der Waals surface area (Å²) in [5.41, 5.74) is 0. The van der Waals surface area contributed by atoms with Crippen molar-refractivity contribution in [3.63, 3.8) is 0 Å². The molecule has 1 N–H and O–H groups in total. The lowest BCUT2D eigenvalue weighted by atomic mass is 10.5. The van der Waals surface area contributed by atoms with Crippen molar-refractivity contribution in [3.8, 4) is 0 Å². The summed E-state index contributed by atoms with van der Waals surface area (Å²) < 4.78 is 0. The fourth-order valence-corrected chi connectivity index (χ4v) is 0.371. The van der Waals surface area contributed by atoms with Crippen LogP contribution in [0.2, 0.25) is 0 Å². The van der Waals surface area contributed by atoms with Crippen LogP contribution in [0.5, 0.6) is 0 Å². The molecule has 0 aliphatic carbocycles. The first-order valence-electron chi connectivity index (χ1n) is 2.15. The minimum Gasteiger partial charge on any atom is -0.379 e. The molecule has 1 nitrogen and oxygen atoms in total. The van der Waals surface area contributed by atoms with Crippen LogP contribution in [0.15, 0.2) is 12.2 Å². The van der Waals surface area contributed by atoms with Crippen LogP contribution in [0.1, 0.15) is 6.92 Å². The highest BCUT2D eigenvalue weighted by molar-refractivity contribution is 7.80. The predicted octanol–water partition coefficient (Wildman–Crippen LogP) is 1.11. The molecular weight excluding hydrogens is 106 g/mol. The lowest BCUT2D eigenvalue weighted by Gasteiger charge is -1.88. The van der Waals surface area contributed by atoms with E-state index in [9.17, 15) is 0 Å². The van der Waals surface area contributed by atoms with Gasteiger partial charge in [0.2, 0.25) is 0 Å². The van der Waals surface area contributed by atoms with Crippen LogP contribution >= 0.6 is 12.2 Å². The molecule has 0 aromatic heterocycles. The van der Waals surface area contributed by atoms with Crippen LogP contribution in [0.25, 0.3) is 0 Å². The average molecular weight is 115 g/mol. The van der Waals surface area contributed by atoms with Gasteiger partial charge in [-0.05, 0) is 13.0 Å². The first-order valence-corrected chi connectivity index (χ1v) is 2.56. The molecule has 40 valence electrons. The molecule has 0 saturated heterocycles. The fraction of sp³-hybridized carbons (Fsp3) is 0.400. The van der Waals surface area contributed by atoms with Crippen molar-refractivity contribution in [3.05, 3.63) is 12.2 Å². The zero-order valence-electron chi connectivity index (χ0n) is 4.56. The largest absolute Gasteiger partial charge is 0.379 e. The Morgan fingerprint density at radius 3 is 2.43 bits per heavy atom. The van der Waals surface area contributed by atoms with Gasteiger partial charge in [0.05, 0.1) is 4.99 Å². The summed E-state index contributed by atoms with van der Waals surface area (Å²) in [4.78, 5) is 0.780. The molecule has 0 atom stereocenters. The van der Waals surface area contributed by atoms with Crippen molar-refractivity contribution in [2.24, 2.45) is 0 Å². The molecule has 0 bridgehead atoms. The predicted molar refractivity (Wildman–Crippen MR) is 36.5 cm³/mol. The maximum absolute atomic E-state index is 4.76. The molecule has 0 rings (SSSR count). The molecule has 0 saturated carbocycles. The molecule has 0 aromatic rings. The molecule has 0 amide bonds. The zero-order valence-corrected chi connectivity index (χ0v) is 5.38. The average Bonchev–Trinajstić information content (AvgIpc) is 1.68. The Hall–Kier alpha value is -0.370. The summed E-state index contributed by atoms with van der Waals surface area (Å²) in [7, 11) is 1.81. The third-order valence-electron chi connectivity index (χ3n) is 0.564. The second kappa shape index (κ2) is 3.81. The molecular formula is C5H9NS. The third kappa shape index (κ3) is 3.46. The number of rotatable bonds is 1. The van der Waals surface area contributed by atoms with Gasteiger partial charge in [-0.2, -0.15) is 0 Å². The summed E-state index contributed by atoms with van der Waals surface area (Å²) in [6.45, 7) is 1.93. The van der Waals surface area contributed by atoms with E-state index in [2.05, 4.69) is 5.32 Å². The van der Waals surface area contributed by atoms with Gasteiger partial charge in [0, 0.05) is 7.05 Å². The van der Waals surface area contributed by atoms with E-state index in [1.165, 1.54) is 0 Å². The standard InChI is InChI=1S/C5H9NS/c1-3-4-5(7)6-2/h3-4H,1-2H3,(H,6,7)/b4-3+. The van der Waals surface area contributed by atoms with Crippen LogP contribution in [-0.2, 0) is 0 Å². The maximum Gasteiger partial charge on any atom is 0.0982 e. The lowest BCUT2D eigenvalue weighted by Crippen LogP contribution is -2.11. The van der Waals surface area contributed by atoms with Gasteiger partial charge in [0.15, 0.2) is 0 Å². The Morgan fingerprint density at radius 2 is 2.29 bits per heavy atom. The van der Waals surface area contributed by atoms with Gasteiger partial charge < -0.3 is 5.32 Å². The van der Waals surface area contributed by atoms with E-state index in [0.717, 1.165) is 4.99 Å². The number of likely N-dealkylation sites (N-methyl/N-ethyl adjacent to an activating group) is 1. The van der Waals surface area contributed by atoms with E-state index >= 15 is 0 Å². The Morgan fingerprint density at radius 1 is 1.71 bits per heavy atom. The lowest BCUT2D eigenvalue weighted by molar-refractivity contribution is 1.21. The molecule has 0 aliphatic rings. The maximum atomic E-state index is 4.76. The number of thiocarbonyl (C=S) groups is 1. The van der Waals surface area contributed by atoms with Gasteiger partial charge in [-0.3, -0.25) is 0 Å². The van der Waals surface area contributed by atoms with Crippen molar-refractivity contribution >= 4 is 17.2 Å². The van der Waals surface area contributed by atoms with E-state index in [1.807, 2.05) is 26.1 Å². The van der Waals surface area contributed by atoms with Crippen LogP contribution in [-0.4, -0.2) is 12.0 Å². The Bertz CT molecular complexity index is 86.1. The van der Waals surface area contributed by atoms with E-state index in [4.69, 9.17) is 12.2 Å². The fourth-order valence-electron chi connectivity index (χ4n) is 0.235. The van der Waals surface area contributed by atoms with Crippen LogP contribution < -0.4 is 5.32 Å². The SMILES string of the molecule is C/C=C/C(=S)NC. The molecule has 0 fully saturated rings. The second-order valence-corrected chi connectivity index (χ2v) is 1.55. The minimum atomic E-state index is 0.780. The number of hydrogen-bond acceptors (Lipinski definition) is 1. The molecule has 2 heteroatoms. The topological polar surface area (TPSA) is 12.0 Å². The van der Waals surface area contributed by atoms with Gasteiger partial charge in [-0.15, -0.1) is 0 Å². The van der Waals surface area contributed by atoms with Crippen LogP contribution in [0.3, 0.4) is 0 Å². The molecule has 0 radical (unpaired) electrons.